The second kappa shape index (κ2) is 4.11. The molecule has 2 atom stereocenters. The highest BCUT2D eigenvalue weighted by Gasteiger charge is 2.56. The van der Waals surface area contributed by atoms with Gasteiger partial charge in [0.1, 0.15) is 0 Å². The summed E-state index contributed by atoms with van der Waals surface area (Å²) in [4.78, 5) is 0. The lowest BCUT2D eigenvalue weighted by molar-refractivity contribution is 0.0544. The van der Waals surface area contributed by atoms with Crippen molar-refractivity contribution in [3.63, 3.8) is 0 Å². The standard InChI is InChI=1S/C15H21NO/c1-11-3-2-4-12(9-11)14-10-15(14,16)13-5-7-17-8-6-13/h2-4,9,13-14H,5-8,10,16H2,1H3. The third-order valence-corrected chi connectivity index (χ3v) is 4.47. The molecule has 2 aliphatic rings. The largest absolute Gasteiger partial charge is 0.381 e. The lowest BCUT2D eigenvalue weighted by Crippen LogP contribution is -2.38. The van der Waals surface area contributed by atoms with E-state index in [4.69, 9.17) is 10.5 Å². The van der Waals surface area contributed by atoms with Gasteiger partial charge in [-0.05, 0) is 37.7 Å². The summed E-state index contributed by atoms with van der Waals surface area (Å²) in [6.07, 6.45) is 3.43. The third-order valence-electron chi connectivity index (χ3n) is 4.47. The maximum absolute atomic E-state index is 6.59. The average Bonchev–Trinajstić information content (AvgIpc) is 3.05. The topological polar surface area (TPSA) is 35.2 Å². The molecule has 17 heavy (non-hydrogen) atoms. The van der Waals surface area contributed by atoms with E-state index in [2.05, 4.69) is 31.2 Å². The van der Waals surface area contributed by atoms with Gasteiger partial charge in [-0.2, -0.15) is 0 Å². The van der Waals surface area contributed by atoms with Crippen LogP contribution in [-0.4, -0.2) is 18.8 Å². The van der Waals surface area contributed by atoms with Gasteiger partial charge < -0.3 is 10.5 Å². The Bertz CT molecular complexity index is 411. The van der Waals surface area contributed by atoms with Gasteiger partial charge in [0.25, 0.3) is 0 Å². The summed E-state index contributed by atoms with van der Waals surface area (Å²) < 4.78 is 5.43. The highest BCUT2D eigenvalue weighted by atomic mass is 16.5. The number of hydrogen-bond acceptors (Lipinski definition) is 2. The molecule has 2 heteroatoms. The van der Waals surface area contributed by atoms with Gasteiger partial charge in [0.05, 0.1) is 0 Å². The molecule has 2 nitrogen and oxygen atoms in total. The Balaban J connectivity index is 1.75. The van der Waals surface area contributed by atoms with Crippen LogP contribution in [0.5, 0.6) is 0 Å². The van der Waals surface area contributed by atoms with Crippen molar-refractivity contribution in [2.75, 3.05) is 13.2 Å². The molecule has 1 aromatic rings. The lowest BCUT2D eigenvalue weighted by Gasteiger charge is -2.28. The summed E-state index contributed by atoms with van der Waals surface area (Å²) >= 11 is 0. The second-order valence-corrected chi connectivity index (χ2v) is 5.67. The van der Waals surface area contributed by atoms with Crippen LogP contribution < -0.4 is 5.73 Å². The Labute approximate surface area is 103 Å². The monoisotopic (exact) mass is 231 g/mol. The minimum absolute atomic E-state index is 0.0531. The van der Waals surface area contributed by atoms with Crippen molar-refractivity contribution in [3.8, 4) is 0 Å². The van der Waals surface area contributed by atoms with Crippen molar-refractivity contribution in [1.29, 1.82) is 0 Å². The first-order valence-corrected chi connectivity index (χ1v) is 6.63. The molecule has 1 heterocycles. The van der Waals surface area contributed by atoms with E-state index in [9.17, 15) is 0 Å². The first kappa shape index (κ1) is 11.2. The lowest BCUT2D eigenvalue weighted by atomic mass is 9.87. The fraction of sp³-hybridized carbons (Fsp3) is 0.600. The fourth-order valence-corrected chi connectivity index (χ4v) is 3.30. The van der Waals surface area contributed by atoms with Crippen molar-refractivity contribution in [2.24, 2.45) is 11.7 Å². The molecule has 2 N–H and O–H groups in total. The molecule has 0 amide bonds. The Hall–Kier alpha value is -0.860. The zero-order valence-electron chi connectivity index (χ0n) is 10.5. The van der Waals surface area contributed by atoms with Crippen molar-refractivity contribution >= 4 is 0 Å². The van der Waals surface area contributed by atoms with Gasteiger partial charge in [-0.1, -0.05) is 29.8 Å². The molecular weight excluding hydrogens is 210 g/mol. The zero-order valence-corrected chi connectivity index (χ0v) is 10.5. The Morgan fingerprint density at radius 1 is 1.29 bits per heavy atom. The van der Waals surface area contributed by atoms with Crippen LogP contribution in [0.4, 0.5) is 0 Å². The van der Waals surface area contributed by atoms with Gasteiger partial charge >= 0.3 is 0 Å². The molecular formula is C15H21NO. The van der Waals surface area contributed by atoms with Gasteiger partial charge in [-0.15, -0.1) is 0 Å². The van der Waals surface area contributed by atoms with E-state index in [1.165, 1.54) is 11.1 Å². The first-order chi connectivity index (χ1) is 8.20. The number of hydrogen-bond donors (Lipinski definition) is 1. The predicted molar refractivity (Wildman–Crippen MR) is 69.0 cm³/mol. The predicted octanol–water partition coefficient (Wildman–Crippen LogP) is 2.61. The van der Waals surface area contributed by atoms with Crippen LogP contribution in [-0.2, 0) is 4.74 Å². The van der Waals surface area contributed by atoms with E-state index < -0.39 is 0 Å². The van der Waals surface area contributed by atoms with Crippen LogP contribution in [0.1, 0.15) is 36.3 Å². The van der Waals surface area contributed by atoms with Crippen LogP contribution in [0.15, 0.2) is 24.3 Å². The Morgan fingerprint density at radius 2 is 2.06 bits per heavy atom. The maximum Gasteiger partial charge on any atom is 0.0469 e. The second-order valence-electron chi connectivity index (χ2n) is 5.67. The molecule has 92 valence electrons. The minimum atomic E-state index is 0.0531. The summed E-state index contributed by atoms with van der Waals surface area (Å²) in [5.74, 6) is 1.23. The van der Waals surface area contributed by atoms with E-state index in [0.29, 0.717) is 11.8 Å². The quantitative estimate of drug-likeness (QED) is 0.849. The molecule has 2 fully saturated rings. The van der Waals surface area contributed by atoms with Gasteiger partial charge in [0.2, 0.25) is 0 Å². The highest BCUT2D eigenvalue weighted by Crippen LogP contribution is 2.56. The molecule has 1 aliphatic heterocycles. The van der Waals surface area contributed by atoms with E-state index >= 15 is 0 Å². The van der Waals surface area contributed by atoms with Crippen molar-refractivity contribution < 1.29 is 4.74 Å². The minimum Gasteiger partial charge on any atom is -0.381 e. The van der Waals surface area contributed by atoms with Gasteiger partial charge in [0.15, 0.2) is 0 Å². The average molecular weight is 231 g/mol. The van der Waals surface area contributed by atoms with Gasteiger partial charge in [-0.25, -0.2) is 0 Å². The summed E-state index contributed by atoms with van der Waals surface area (Å²) in [5, 5.41) is 0. The molecule has 0 bridgehead atoms. The number of aryl methyl sites for hydroxylation is 1. The maximum atomic E-state index is 6.59. The Kier molecular flexibility index (Phi) is 2.72. The van der Waals surface area contributed by atoms with Crippen LogP contribution in [0.3, 0.4) is 0 Å². The van der Waals surface area contributed by atoms with Crippen LogP contribution in [0.2, 0.25) is 0 Å². The van der Waals surface area contributed by atoms with Crippen molar-refractivity contribution in [2.45, 2.75) is 37.6 Å². The van der Waals surface area contributed by atoms with Crippen LogP contribution in [0, 0.1) is 12.8 Å². The van der Waals surface area contributed by atoms with Gasteiger partial charge in [0, 0.05) is 24.7 Å². The molecule has 0 radical (unpaired) electrons. The summed E-state index contributed by atoms with van der Waals surface area (Å²) in [6.45, 7) is 3.94. The summed E-state index contributed by atoms with van der Waals surface area (Å²) in [5.41, 5.74) is 9.41. The summed E-state index contributed by atoms with van der Waals surface area (Å²) in [7, 11) is 0. The number of benzene rings is 1. The number of rotatable bonds is 2. The summed E-state index contributed by atoms with van der Waals surface area (Å²) in [6, 6.07) is 8.82. The first-order valence-electron chi connectivity index (χ1n) is 6.63. The van der Waals surface area contributed by atoms with Crippen molar-refractivity contribution in [1.82, 2.24) is 0 Å². The van der Waals surface area contributed by atoms with Crippen LogP contribution in [0.25, 0.3) is 0 Å². The number of nitrogens with two attached hydrogens (primary N) is 1. The van der Waals surface area contributed by atoms with Gasteiger partial charge in [-0.3, -0.25) is 0 Å². The molecule has 1 saturated carbocycles. The normalized spacial score (nSPS) is 33.6. The highest BCUT2D eigenvalue weighted by molar-refractivity contribution is 5.36. The molecule has 1 aliphatic carbocycles. The van der Waals surface area contributed by atoms with E-state index in [1.54, 1.807) is 0 Å². The smallest absolute Gasteiger partial charge is 0.0469 e. The molecule has 1 saturated heterocycles. The molecule has 2 unspecified atom stereocenters. The van der Waals surface area contributed by atoms with E-state index in [-0.39, 0.29) is 5.54 Å². The molecule has 0 spiro atoms. The van der Waals surface area contributed by atoms with E-state index in [1.807, 2.05) is 0 Å². The van der Waals surface area contributed by atoms with E-state index in [0.717, 1.165) is 32.5 Å². The third kappa shape index (κ3) is 2.00. The zero-order chi connectivity index (χ0) is 11.9. The molecule has 0 aromatic heterocycles. The fourth-order valence-electron chi connectivity index (χ4n) is 3.30. The molecule has 3 rings (SSSR count). The molecule has 1 aromatic carbocycles. The SMILES string of the molecule is Cc1cccc(C2CC2(N)C2CCOCC2)c1. The van der Waals surface area contributed by atoms with Crippen molar-refractivity contribution in [3.05, 3.63) is 35.4 Å². The van der Waals surface area contributed by atoms with Crippen LogP contribution >= 0.6 is 0 Å². The number of ether oxygens (including phenoxy) is 1. The Morgan fingerprint density at radius 3 is 2.76 bits per heavy atom.